The van der Waals surface area contributed by atoms with Crippen molar-refractivity contribution in [1.29, 1.82) is 0 Å². The van der Waals surface area contributed by atoms with Crippen molar-refractivity contribution in [1.82, 2.24) is 5.32 Å². The number of nitrogens with two attached hydrogens (primary N) is 1. The summed E-state index contributed by atoms with van der Waals surface area (Å²) in [6, 6.07) is 1.60. The molecule has 18 heteroatoms. The zero-order valence-electron chi connectivity index (χ0n) is 49.0. The molecule has 0 bridgehead atoms. The van der Waals surface area contributed by atoms with Crippen LogP contribution < -0.4 is 20.9 Å². The molecule has 0 spiro atoms. The van der Waals surface area contributed by atoms with E-state index in [1.807, 2.05) is 41.5 Å². The number of nitrogens with zero attached hydrogens (tertiary/aromatic N) is 2. The molecule has 5 N–H and O–H groups in total. The molecule has 79 heavy (non-hydrogen) atoms. The Kier molecular flexibility index (Phi) is 22.7. The summed E-state index contributed by atoms with van der Waals surface area (Å²) in [7, 11) is 0. The van der Waals surface area contributed by atoms with Gasteiger partial charge in [-0.15, -0.1) is 22.7 Å². The third kappa shape index (κ3) is 19.7. The lowest BCUT2D eigenvalue weighted by molar-refractivity contribution is -0.153. The maximum atomic E-state index is 14.1. The molecule has 4 aliphatic rings. The van der Waals surface area contributed by atoms with Crippen LogP contribution >= 0.6 is 22.7 Å². The SMILES string of the molecule is CC1CCC(C(=O)N(c2cc(C#CC(C)(C)C)sc2C(=O)O)C2CCC(OC(=O)C(C)NC(=O)OC(C)(C)C)CC2)CC1.CC1CCC(C(=O)N(c2cc(C#CC(C)(C)C)sc2C(=O)O)C2CCC(OC(=O)[C@H](C)N)CC2)CC1. The quantitative estimate of drug-likeness (QED) is 0.0831. The molecule has 3 amide bonds. The monoisotopic (exact) mass is 1130 g/mol. The first kappa shape index (κ1) is 64.4. The van der Waals surface area contributed by atoms with Gasteiger partial charge < -0.3 is 45.3 Å². The lowest BCUT2D eigenvalue weighted by Gasteiger charge is -2.39. The van der Waals surface area contributed by atoms with E-state index in [4.69, 9.17) is 19.9 Å². The number of carbonyl (C=O) groups is 7. The molecule has 4 fully saturated rings. The van der Waals surface area contributed by atoms with Gasteiger partial charge in [-0.1, -0.05) is 37.5 Å². The van der Waals surface area contributed by atoms with Gasteiger partial charge in [0.05, 0.1) is 21.1 Å². The summed E-state index contributed by atoms with van der Waals surface area (Å²) in [6.07, 6.45) is 10.5. The Balaban J connectivity index is 0.000000295. The zero-order valence-corrected chi connectivity index (χ0v) is 50.6. The Morgan fingerprint density at radius 3 is 1.25 bits per heavy atom. The number of amides is 3. The molecule has 6 rings (SSSR count). The largest absolute Gasteiger partial charge is 0.477 e. The predicted octanol–water partition coefficient (Wildman–Crippen LogP) is 12.0. The van der Waals surface area contributed by atoms with Crippen LogP contribution in [0.15, 0.2) is 12.1 Å². The summed E-state index contributed by atoms with van der Waals surface area (Å²) in [5.74, 6) is 10.4. The summed E-state index contributed by atoms with van der Waals surface area (Å²) < 4.78 is 16.5. The van der Waals surface area contributed by atoms with E-state index in [2.05, 4.69) is 42.8 Å². The smallest absolute Gasteiger partial charge is 0.408 e. The molecule has 2 aromatic heterocycles. The van der Waals surface area contributed by atoms with E-state index in [9.17, 15) is 43.8 Å². The van der Waals surface area contributed by atoms with Crippen molar-refractivity contribution in [3.8, 4) is 23.7 Å². The Morgan fingerprint density at radius 2 is 0.937 bits per heavy atom. The van der Waals surface area contributed by atoms with Crippen LogP contribution in [0.1, 0.15) is 222 Å². The number of hydrogen-bond acceptors (Lipinski definition) is 13. The van der Waals surface area contributed by atoms with Crippen molar-refractivity contribution in [2.24, 2.45) is 40.2 Å². The molecule has 2 heterocycles. The molecule has 1 unspecified atom stereocenters. The highest BCUT2D eigenvalue weighted by Crippen LogP contribution is 2.41. The van der Waals surface area contributed by atoms with Crippen molar-refractivity contribution >= 4 is 75.8 Å². The first-order chi connectivity index (χ1) is 36.8. The number of ether oxygens (including phenoxy) is 3. The van der Waals surface area contributed by atoms with Gasteiger partial charge in [-0.25, -0.2) is 19.2 Å². The number of esters is 2. The van der Waals surface area contributed by atoms with E-state index < -0.39 is 47.7 Å². The molecule has 436 valence electrons. The second-order valence-corrected chi connectivity index (χ2v) is 27.6. The first-order valence-electron chi connectivity index (χ1n) is 28.4. The average Bonchev–Trinajstić information content (AvgIpc) is 4.15. The molecule has 0 aliphatic heterocycles. The molecule has 0 radical (unpaired) electrons. The molecular formula is C61H88N4O12S2. The van der Waals surface area contributed by atoms with Crippen LogP contribution in [0.5, 0.6) is 0 Å². The van der Waals surface area contributed by atoms with E-state index in [-0.39, 0.29) is 68.5 Å². The van der Waals surface area contributed by atoms with E-state index in [1.54, 1.807) is 56.6 Å². The number of aromatic carboxylic acids is 2. The molecule has 4 aliphatic carbocycles. The van der Waals surface area contributed by atoms with E-state index >= 15 is 0 Å². The van der Waals surface area contributed by atoms with Crippen LogP contribution in [0.25, 0.3) is 0 Å². The van der Waals surface area contributed by atoms with Crippen LogP contribution in [0.3, 0.4) is 0 Å². The summed E-state index contributed by atoms with van der Waals surface area (Å²) >= 11 is 2.23. The number of nitrogens with one attached hydrogen (secondary N) is 1. The number of carboxylic acid groups (broad SMARTS) is 2. The molecule has 0 aromatic carbocycles. The second kappa shape index (κ2) is 27.8. The lowest BCUT2D eigenvalue weighted by Crippen LogP contribution is -2.48. The van der Waals surface area contributed by atoms with Crippen LogP contribution in [-0.4, -0.2) is 94.0 Å². The first-order valence-corrected chi connectivity index (χ1v) is 30.0. The van der Waals surface area contributed by atoms with E-state index in [0.29, 0.717) is 84.3 Å². The number of alkyl carbamates (subject to hydrolysis) is 1. The number of thiophene rings is 2. The van der Waals surface area contributed by atoms with Gasteiger partial charge in [0.25, 0.3) is 0 Å². The van der Waals surface area contributed by atoms with Crippen LogP contribution in [-0.2, 0) is 33.4 Å². The highest BCUT2D eigenvalue weighted by atomic mass is 32.1. The van der Waals surface area contributed by atoms with Gasteiger partial charge in [0.1, 0.15) is 39.6 Å². The highest BCUT2D eigenvalue weighted by Gasteiger charge is 2.41. The molecule has 0 saturated heterocycles. The second-order valence-electron chi connectivity index (χ2n) is 25.5. The average molecular weight is 1130 g/mol. The summed E-state index contributed by atoms with van der Waals surface area (Å²) in [5, 5.41) is 22.7. The predicted molar refractivity (Wildman–Crippen MR) is 309 cm³/mol. The standard InChI is InChI=1S/C33H48N2O7S.C28H40N2O5S/c1-20-9-11-22(12-10-20)28(36)35(26-19-25(17-18-32(3,4)5)43-27(26)29(37)38)23-13-15-24(16-14-23)41-30(39)21(2)34-31(40)42-33(6,7)8;1-17-6-8-19(9-7-17)25(31)30(20-10-12-21(13-11-20)35-27(34)18(2)29)23-16-22(14-15-28(3,4)5)36-24(23)26(32)33/h19-24H,9-16H2,1-8H3,(H,34,40)(H,37,38);16-21H,6-13,29H2,1-5H3,(H,32,33)/t;17?,18-,19?,20?,21?/m.0/s1. The number of rotatable bonds is 13. The minimum atomic E-state index is -1.08. The minimum absolute atomic E-state index is 0.00792. The normalized spacial score (nSPS) is 24.2. The topological polar surface area (TPSA) is 232 Å². The number of carbonyl (C=O) groups excluding carboxylic acids is 5. The Hall–Kier alpha value is -5.43. The van der Waals surface area contributed by atoms with Crippen molar-refractivity contribution in [3.05, 3.63) is 31.6 Å². The van der Waals surface area contributed by atoms with Crippen LogP contribution in [0, 0.1) is 58.2 Å². The molecule has 2 aromatic rings. The molecule has 4 saturated carbocycles. The Morgan fingerprint density at radius 1 is 0.582 bits per heavy atom. The van der Waals surface area contributed by atoms with Gasteiger partial charge in [0.15, 0.2) is 0 Å². The third-order valence-corrected chi connectivity index (χ3v) is 16.8. The number of anilines is 2. The van der Waals surface area contributed by atoms with Gasteiger partial charge in [0.2, 0.25) is 11.8 Å². The maximum absolute atomic E-state index is 14.1. The van der Waals surface area contributed by atoms with Crippen molar-refractivity contribution in [3.63, 3.8) is 0 Å². The summed E-state index contributed by atoms with van der Waals surface area (Å²) in [4.78, 5) is 94.5. The van der Waals surface area contributed by atoms with Gasteiger partial charge in [-0.2, -0.15) is 0 Å². The van der Waals surface area contributed by atoms with Crippen molar-refractivity contribution < 1.29 is 58.0 Å². The van der Waals surface area contributed by atoms with Crippen molar-refractivity contribution in [2.75, 3.05) is 9.80 Å². The summed E-state index contributed by atoms with van der Waals surface area (Å²) in [6.45, 7) is 24.8. The van der Waals surface area contributed by atoms with Crippen LogP contribution in [0.4, 0.5) is 16.2 Å². The molecule has 16 nitrogen and oxygen atoms in total. The molecule has 2 atom stereocenters. The summed E-state index contributed by atoms with van der Waals surface area (Å²) in [5.41, 5.74) is 5.34. The van der Waals surface area contributed by atoms with Gasteiger partial charge in [-0.3, -0.25) is 14.4 Å². The minimum Gasteiger partial charge on any atom is -0.477 e. The van der Waals surface area contributed by atoms with Gasteiger partial charge >= 0.3 is 30.0 Å². The van der Waals surface area contributed by atoms with Gasteiger partial charge in [0, 0.05) is 34.7 Å². The zero-order chi connectivity index (χ0) is 58.7. The maximum Gasteiger partial charge on any atom is 0.408 e. The van der Waals surface area contributed by atoms with Crippen LogP contribution in [0.2, 0.25) is 0 Å². The highest BCUT2D eigenvalue weighted by molar-refractivity contribution is 7.15. The van der Waals surface area contributed by atoms with E-state index in [0.717, 1.165) is 74.0 Å². The Labute approximate surface area is 477 Å². The van der Waals surface area contributed by atoms with Crippen molar-refractivity contribution in [2.45, 2.75) is 235 Å². The number of hydrogen-bond donors (Lipinski definition) is 4. The lowest BCUT2D eigenvalue weighted by atomic mass is 9.81. The molecular weight excluding hydrogens is 1040 g/mol. The fraction of sp³-hybridized carbons (Fsp3) is 0.689. The fourth-order valence-electron chi connectivity index (χ4n) is 10.4. The fourth-order valence-corrected chi connectivity index (χ4v) is 12.1. The van der Waals surface area contributed by atoms with E-state index in [1.165, 1.54) is 0 Å². The van der Waals surface area contributed by atoms with Gasteiger partial charge in [-0.05, 0) is 203 Å². The number of carboxylic acids is 2. The Bertz CT molecular complexity index is 2600. The third-order valence-electron chi connectivity index (χ3n) is 14.7.